The van der Waals surface area contributed by atoms with Crippen molar-refractivity contribution in [1.29, 1.82) is 0 Å². The minimum atomic E-state index is -4.50. The van der Waals surface area contributed by atoms with E-state index in [0.29, 0.717) is 6.42 Å². The van der Waals surface area contributed by atoms with Crippen molar-refractivity contribution in [2.45, 2.75) is 12.6 Å². The third-order valence-corrected chi connectivity index (χ3v) is 4.92. The van der Waals surface area contributed by atoms with Crippen molar-refractivity contribution in [2.24, 2.45) is 0 Å². The lowest BCUT2D eigenvalue weighted by Crippen LogP contribution is -2.25. The SMILES string of the molecule is O=S1(=O)CCCN1c1cc(Br)cc(C(F)(F)F)c1. The van der Waals surface area contributed by atoms with Gasteiger partial charge in [0.2, 0.25) is 10.0 Å². The van der Waals surface area contributed by atoms with Crippen LogP contribution in [0.25, 0.3) is 0 Å². The molecule has 0 radical (unpaired) electrons. The van der Waals surface area contributed by atoms with E-state index >= 15 is 0 Å². The molecular formula is C10H9BrF3NO2S. The molecule has 1 aliphatic rings. The highest BCUT2D eigenvalue weighted by atomic mass is 79.9. The first-order chi connectivity index (χ1) is 8.20. The normalized spacial score (nSPS) is 19.2. The van der Waals surface area contributed by atoms with Gasteiger partial charge in [-0.1, -0.05) is 15.9 Å². The van der Waals surface area contributed by atoms with E-state index in [0.717, 1.165) is 16.4 Å². The fourth-order valence-electron chi connectivity index (χ4n) is 1.81. The predicted octanol–water partition coefficient (Wildman–Crippen LogP) is 3.01. The van der Waals surface area contributed by atoms with Gasteiger partial charge in [0.05, 0.1) is 17.0 Å². The van der Waals surface area contributed by atoms with Crippen LogP contribution in [0.3, 0.4) is 0 Å². The Morgan fingerprint density at radius 3 is 2.39 bits per heavy atom. The predicted molar refractivity (Wildman–Crippen MR) is 64.9 cm³/mol. The van der Waals surface area contributed by atoms with Crippen molar-refractivity contribution in [1.82, 2.24) is 0 Å². The molecule has 0 saturated carbocycles. The van der Waals surface area contributed by atoms with E-state index in [4.69, 9.17) is 0 Å². The molecule has 2 rings (SSSR count). The molecular weight excluding hydrogens is 335 g/mol. The van der Waals surface area contributed by atoms with Gasteiger partial charge in [-0.2, -0.15) is 13.2 Å². The molecule has 18 heavy (non-hydrogen) atoms. The van der Waals surface area contributed by atoms with Crippen LogP contribution in [0.4, 0.5) is 18.9 Å². The maximum atomic E-state index is 12.6. The van der Waals surface area contributed by atoms with Crippen LogP contribution in [0.15, 0.2) is 22.7 Å². The van der Waals surface area contributed by atoms with Gasteiger partial charge in [-0.3, -0.25) is 4.31 Å². The van der Waals surface area contributed by atoms with Gasteiger partial charge in [-0.15, -0.1) is 0 Å². The van der Waals surface area contributed by atoms with Crippen LogP contribution in [0, 0.1) is 0 Å². The first-order valence-corrected chi connectivity index (χ1v) is 7.48. The fourth-order valence-corrected chi connectivity index (χ4v) is 3.84. The quantitative estimate of drug-likeness (QED) is 0.786. The zero-order valence-corrected chi connectivity index (χ0v) is 11.4. The Morgan fingerprint density at radius 1 is 1.22 bits per heavy atom. The standard InChI is InChI=1S/C10H9BrF3NO2S/c11-8-4-7(10(12,13)14)5-9(6-8)15-2-1-3-18(15,16)17/h4-6H,1-3H2. The Morgan fingerprint density at radius 2 is 1.89 bits per heavy atom. The molecule has 0 unspecified atom stereocenters. The van der Waals surface area contributed by atoms with Gasteiger partial charge in [0.25, 0.3) is 0 Å². The van der Waals surface area contributed by atoms with Crippen LogP contribution in [0.1, 0.15) is 12.0 Å². The van der Waals surface area contributed by atoms with Gasteiger partial charge < -0.3 is 0 Å². The summed E-state index contributed by atoms with van der Waals surface area (Å²) in [5, 5.41) is 0. The van der Waals surface area contributed by atoms with Crippen molar-refractivity contribution in [3.05, 3.63) is 28.2 Å². The van der Waals surface area contributed by atoms with Crippen LogP contribution in [0.5, 0.6) is 0 Å². The molecule has 100 valence electrons. The van der Waals surface area contributed by atoms with Crippen molar-refractivity contribution < 1.29 is 21.6 Å². The first-order valence-electron chi connectivity index (χ1n) is 5.08. The van der Waals surface area contributed by atoms with Crippen LogP contribution in [-0.2, 0) is 16.2 Å². The maximum Gasteiger partial charge on any atom is 0.416 e. The summed E-state index contributed by atoms with van der Waals surface area (Å²) in [6.07, 6.45) is -4.07. The third kappa shape index (κ3) is 2.64. The topological polar surface area (TPSA) is 37.4 Å². The van der Waals surface area contributed by atoms with Crippen LogP contribution in [-0.4, -0.2) is 20.7 Å². The van der Waals surface area contributed by atoms with E-state index in [-0.39, 0.29) is 22.5 Å². The van der Waals surface area contributed by atoms with E-state index in [1.165, 1.54) is 6.07 Å². The number of alkyl halides is 3. The molecule has 1 aliphatic heterocycles. The summed E-state index contributed by atoms with van der Waals surface area (Å²) in [5.74, 6) is -0.0269. The number of halogens is 4. The minimum Gasteiger partial charge on any atom is -0.270 e. The lowest BCUT2D eigenvalue weighted by atomic mass is 10.2. The molecule has 1 aromatic rings. The Balaban J connectivity index is 2.50. The molecule has 3 nitrogen and oxygen atoms in total. The molecule has 0 N–H and O–H groups in total. The van der Waals surface area contributed by atoms with E-state index in [2.05, 4.69) is 15.9 Å². The number of benzene rings is 1. The summed E-state index contributed by atoms with van der Waals surface area (Å²) in [6, 6.07) is 3.15. The number of sulfonamides is 1. The molecule has 0 spiro atoms. The first kappa shape index (κ1) is 13.7. The van der Waals surface area contributed by atoms with Gasteiger partial charge >= 0.3 is 6.18 Å². The smallest absolute Gasteiger partial charge is 0.270 e. The Kier molecular flexibility index (Phi) is 3.35. The molecule has 1 saturated heterocycles. The van der Waals surface area contributed by atoms with Crippen LogP contribution >= 0.6 is 15.9 Å². The second kappa shape index (κ2) is 4.41. The van der Waals surface area contributed by atoms with E-state index in [1.54, 1.807) is 0 Å². The summed E-state index contributed by atoms with van der Waals surface area (Å²) >= 11 is 2.97. The molecule has 0 amide bonds. The van der Waals surface area contributed by atoms with E-state index in [1.807, 2.05) is 0 Å². The number of hydrogen-bond donors (Lipinski definition) is 0. The van der Waals surface area contributed by atoms with Crippen molar-refractivity contribution >= 4 is 31.6 Å². The Labute approximate surface area is 111 Å². The van der Waals surface area contributed by atoms with Crippen LogP contribution in [0.2, 0.25) is 0 Å². The minimum absolute atomic E-state index is 0.0269. The van der Waals surface area contributed by atoms with E-state index < -0.39 is 21.8 Å². The van der Waals surface area contributed by atoms with Crippen LogP contribution < -0.4 is 4.31 Å². The highest BCUT2D eigenvalue weighted by Crippen LogP contribution is 2.36. The molecule has 0 aliphatic carbocycles. The molecule has 0 aromatic heterocycles. The summed E-state index contributed by atoms with van der Waals surface area (Å²) in [6.45, 7) is 0.218. The maximum absolute atomic E-state index is 12.6. The zero-order chi connectivity index (χ0) is 13.6. The monoisotopic (exact) mass is 343 g/mol. The highest BCUT2D eigenvalue weighted by Gasteiger charge is 2.34. The second-order valence-corrected chi connectivity index (χ2v) is 6.87. The Bertz CT molecular complexity index is 571. The molecule has 8 heteroatoms. The number of nitrogens with zero attached hydrogens (tertiary/aromatic N) is 1. The summed E-state index contributed by atoms with van der Waals surface area (Å²) in [7, 11) is -3.47. The Hall–Kier alpha value is -0.760. The summed E-state index contributed by atoms with van der Waals surface area (Å²) < 4.78 is 62.5. The van der Waals surface area contributed by atoms with Gasteiger partial charge in [-0.05, 0) is 24.6 Å². The summed E-state index contributed by atoms with van der Waals surface area (Å²) in [4.78, 5) is 0. The van der Waals surface area contributed by atoms with Gasteiger partial charge in [-0.25, -0.2) is 8.42 Å². The lowest BCUT2D eigenvalue weighted by Gasteiger charge is -2.19. The average Bonchev–Trinajstić information content (AvgIpc) is 2.55. The second-order valence-electron chi connectivity index (χ2n) is 3.94. The largest absolute Gasteiger partial charge is 0.416 e. The molecule has 0 atom stereocenters. The highest BCUT2D eigenvalue weighted by molar-refractivity contribution is 9.10. The van der Waals surface area contributed by atoms with Crippen molar-refractivity contribution in [2.75, 3.05) is 16.6 Å². The fraction of sp³-hybridized carbons (Fsp3) is 0.400. The lowest BCUT2D eigenvalue weighted by molar-refractivity contribution is -0.137. The van der Waals surface area contributed by atoms with Crippen molar-refractivity contribution in [3.8, 4) is 0 Å². The molecule has 1 fully saturated rings. The van der Waals surface area contributed by atoms with Crippen molar-refractivity contribution in [3.63, 3.8) is 0 Å². The molecule has 1 heterocycles. The number of anilines is 1. The number of rotatable bonds is 1. The number of hydrogen-bond acceptors (Lipinski definition) is 2. The van der Waals surface area contributed by atoms with Gasteiger partial charge in [0, 0.05) is 11.0 Å². The van der Waals surface area contributed by atoms with Gasteiger partial charge in [0.15, 0.2) is 0 Å². The van der Waals surface area contributed by atoms with Gasteiger partial charge in [0.1, 0.15) is 0 Å². The van der Waals surface area contributed by atoms with E-state index in [9.17, 15) is 21.6 Å². The molecule has 0 bridgehead atoms. The third-order valence-electron chi connectivity index (χ3n) is 2.60. The average molecular weight is 344 g/mol. The molecule has 1 aromatic carbocycles. The zero-order valence-electron chi connectivity index (χ0n) is 9.04. The summed E-state index contributed by atoms with van der Waals surface area (Å²) in [5.41, 5.74) is -0.817.